The Labute approximate surface area is 116 Å². The lowest BCUT2D eigenvalue weighted by Gasteiger charge is -2.08. The van der Waals surface area contributed by atoms with E-state index < -0.39 is 6.43 Å². The maximum Gasteiger partial charge on any atom is 0.263 e. The molecule has 0 saturated heterocycles. The fraction of sp³-hybridized carbons (Fsp3) is 0.267. The third-order valence-corrected chi connectivity index (χ3v) is 2.73. The smallest absolute Gasteiger partial charge is 0.263 e. The van der Waals surface area contributed by atoms with Crippen LogP contribution in [-0.2, 0) is 6.54 Å². The second-order valence-electron chi connectivity index (χ2n) is 4.22. The second kappa shape index (κ2) is 6.84. The van der Waals surface area contributed by atoms with Gasteiger partial charge in [0.15, 0.2) is 0 Å². The summed E-state index contributed by atoms with van der Waals surface area (Å²) in [6.45, 7) is 2.93. The highest BCUT2D eigenvalue weighted by Crippen LogP contribution is 2.20. The normalized spacial score (nSPS) is 10.6. The Morgan fingerprint density at radius 1 is 1.25 bits per heavy atom. The molecular formula is C15H16F2N2O. The lowest BCUT2D eigenvalue weighted by Crippen LogP contribution is -2.01. The third kappa shape index (κ3) is 3.91. The average molecular weight is 278 g/mol. The van der Waals surface area contributed by atoms with Crippen LogP contribution >= 0.6 is 0 Å². The van der Waals surface area contributed by atoms with Crippen molar-refractivity contribution in [2.45, 2.75) is 19.9 Å². The van der Waals surface area contributed by atoms with Crippen LogP contribution in [-0.4, -0.2) is 11.6 Å². The van der Waals surface area contributed by atoms with Crippen molar-refractivity contribution < 1.29 is 13.5 Å². The number of aromatic nitrogens is 1. The van der Waals surface area contributed by atoms with Gasteiger partial charge in [0.2, 0.25) is 5.88 Å². The number of anilines is 1. The summed E-state index contributed by atoms with van der Waals surface area (Å²) in [6, 6.07) is 9.97. The van der Waals surface area contributed by atoms with Crippen LogP contribution in [0.5, 0.6) is 5.88 Å². The molecule has 0 unspecified atom stereocenters. The van der Waals surface area contributed by atoms with E-state index in [2.05, 4.69) is 10.3 Å². The van der Waals surface area contributed by atoms with E-state index in [-0.39, 0.29) is 5.56 Å². The van der Waals surface area contributed by atoms with Gasteiger partial charge in [0, 0.05) is 18.2 Å². The van der Waals surface area contributed by atoms with Gasteiger partial charge in [-0.1, -0.05) is 18.2 Å². The Morgan fingerprint density at radius 2 is 2.10 bits per heavy atom. The molecule has 0 aliphatic heterocycles. The Balaban J connectivity index is 1.96. The Hall–Kier alpha value is -2.17. The van der Waals surface area contributed by atoms with Gasteiger partial charge in [-0.2, -0.15) is 0 Å². The van der Waals surface area contributed by atoms with Crippen molar-refractivity contribution in [2.24, 2.45) is 0 Å². The first-order valence-electron chi connectivity index (χ1n) is 6.38. The van der Waals surface area contributed by atoms with Crippen LogP contribution < -0.4 is 10.1 Å². The van der Waals surface area contributed by atoms with E-state index in [1.54, 1.807) is 24.4 Å². The number of hydrogen-bond acceptors (Lipinski definition) is 3. The standard InChI is InChI=1S/C15H16F2N2O/c1-2-20-14-7-6-13(10-19-14)18-9-11-4-3-5-12(8-11)15(16)17/h3-8,10,15,18H,2,9H2,1H3. The molecule has 2 rings (SSSR count). The molecule has 3 nitrogen and oxygen atoms in total. The van der Waals surface area contributed by atoms with Crippen molar-refractivity contribution in [3.8, 4) is 5.88 Å². The van der Waals surface area contributed by atoms with Gasteiger partial charge in [0.1, 0.15) is 0 Å². The summed E-state index contributed by atoms with van der Waals surface area (Å²) >= 11 is 0. The SMILES string of the molecule is CCOc1ccc(NCc2cccc(C(F)F)c2)cn1. The highest BCUT2D eigenvalue weighted by Gasteiger charge is 2.06. The second-order valence-corrected chi connectivity index (χ2v) is 4.22. The number of nitrogens with zero attached hydrogens (tertiary/aromatic N) is 1. The third-order valence-electron chi connectivity index (χ3n) is 2.73. The van der Waals surface area contributed by atoms with Crippen LogP contribution in [0.4, 0.5) is 14.5 Å². The molecule has 1 heterocycles. The van der Waals surface area contributed by atoms with E-state index in [1.165, 1.54) is 12.1 Å². The van der Waals surface area contributed by atoms with Crippen molar-refractivity contribution in [3.05, 3.63) is 53.7 Å². The molecule has 1 aromatic heterocycles. The number of hydrogen-bond donors (Lipinski definition) is 1. The van der Waals surface area contributed by atoms with Crippen LogP contribution in [0.2, 0.25) is 0 Å². The number of rotatable bonds is 6. The molecule has 0 bridgehead atoms. The molecule has 5 heteroatoms. The van der Waals surface area contributed by atoms with E-state index in [4.69, 9.17) is 4.74 Å². The summed E-state index contributed by atoms with van der Waals surface area (Å²) in [4.78, 5) is 4.12. The predicted molar refractivity (Wildman–Crippen MR) is 74.1 cm³/mol. The Bertz CT molecular complexity index is 544. The zero-order valence-electron chi connectivity index (χ0n) is 11.1. The summed E-state index contributed by atoms with van der Waals surface area (Å²) in [5.74, 6) is 0.567. The van der Waals surface area contributed by atoms with Crippen LogP contribution in [0, 0.1) is 0 Å². The van der Waals surface area contributed by atoms with Crippen LogP contribution in [0.1, 0.15) is 24.5 Å². The van der Waals surface area contributed by atoms with Crippen molar-refractivity contribution >= 4 is 5.69 Å². The quantitative estimate of drug-likeness (QED) is 0.866. The maximum absolute atomic E-state index is 12.6. The van der Waals surface area contributed by atoms with E-state index in [0.29, 0.717) is 19.0 Å². The van der Waals surface area contributed by atoms with E-state index in [9.17, 15) is 8.78 Å². The highest BCUT2D eigenvalue weighted by molar-refractivity contribution is 5.43. The van der Waals surface area contributed by atoms with Crippen molar-refractivity contribution in [1.82, 2.24) is 4.98 Å². The summed E-state index contributed by atoms with van der Waals surface area (Å²) < 4.78 is 30.4. The first-order valence-corrected chi connectivity index (χ1v) is 6.38. The molecule has 0 aliphatic rings. The molecule has 1 aromatic carbocycles. The van der Waals surface area contributed by atoms with Gasteiger partial charge in [0.25, 0.3) is 6.43 Å². The summed E-state index contributed by atoms with van der Waals surface area (Å²) in [5.41, 5.74) is 1.65. The molecule has 0 saturated carbocycles. The van der Waals surface area contributed by atoms with E-state index >= 15 is 0 Å². The van der Waals surface area contributed by atoms with Gasteiger partial charge < -0.3 is 10.1 Å². The van der Waals surface area contributed by atoms with Crippen LogP contribution in [0.25, 0.3) is 0 Å². The number of alkyl halides is 2. The number of halogens is 2. The molecule has 20 heavy (non-hydrogen) atoms. The first kappa shape index (κ1) is 14.2. The molecule has 0 atom stereocenters. The largest absolute Gasteiger partial charge is 0.478 e. The topological polar surface area (TPSA) is 34.1 Å². The molecular weight excluding hydrogens is 262 g/mol. The molecule has 2 aromatic rings. The van der Waals surface area contributed by atoms with Gasteiger partial charge >= 0.3 is 0 Å². The summed E-state index contributed by atoms with van der Waals surface area (Å²) in [5, 5.41) is 3.13. The number of benzene rings is 1. The lowest BCUT2D eigenvalue weighted by atomic mass is 10.1. The Kier molecular flexibility index (Phi) is 4.87. The monoisotopic (exact) mass is 278 g/mol. The molecule has 106 valence electrons. The first-order chi connectivity index (χ1) is 9.69. The maximum atomic E-state index is 12.6. The number of pyridine rings is 1. The van der Waals surface area contributed by atoms with Crippen LogP contribution in [0.15, 0.2) is 42.6 Å². The van der Waals surface area contributed by atoms with Gasteiger partial charge in [-0.25, -0.2) is 13.8 Å². The lowest BCUT2D eigenvalue weighted by molar-refractivity contribution is 0.151. The average Bonchev–Trinajstić information content (AvgIpc) is 2.47. The minimum Gasteiger partial charge on any atom is -0.478 e. The summed E-state index contributed by atoms with van der Waals surface area (Å²) in [7, 11) is 0. The number of ether oxygens (including phenoxy) is 1. The van der Waals surface area contributed by atoms with Crippen LogP contribution in [0.3, 0.4) is 0 Å². The minimum absolute atomic E-state index is 0.0362. The van der Waals surface area contributed by atoms with Gasteiger partial charge in [-0.15, -0.1) is 0 Å². The molecule has 0 aliphatic carbocycles. The van der Waals surface area contributed by atoms with E-state index in [0.717, 1.165) is 11.3 Å². The summed E-state index contributed by atoms with van der Waals surface area (Å²) in [6.07, 6.45) is -0.788. The molecule has 1 N–H and O–H groups in total. The minimum atomic E-state index is -2.44. The predicted octanol–water partition coefficient (Wildman–Crippen LogP) is 4.03. The zero-order chi connectivity index (χ0) is 14.4. The molecule has 0 radical (unpaired) electrons. The van der Waals surface area contributed by atoms with E-state index in [1.807, 2.05) is 13.0 Å². The number of nitrogens with one attached hydrogen (secondary N) is 1. The van der Waals surface area contributed by atoms with Gasteiger partial charge in [0.05, 0.1) is 18.5 Å². The fourth-order valence-electron chi connectivity index (χ4n) is 1.76. The van der Waals surface area contributed by atoms with Gasteiger partial charge in [-0.3, -0.25) is 0 Å². The van der Waals surface area contributed by atoms with Crippen molar-refractivity contribution in [3.63, 3.8) is 0 Å². The highest BCUT2D eigenvalue weighted by atomic mass is 19.3. The fourth-order valence-corrected chi connectivity index (χ4v) is 1.76. The van der Waals surface area contributed by atoms with Crippen molar-refractivity contribution in [2.75, 3.05) is 11.9 Å². The molecule has 0 spiro atoms. The van der Waals surface area contributed by atoms with Gasteiger partial charge in [-0.05, 0) is 24.6 Å². The zero-order valence-corrected chi connectivity index (χ0v) is 11.1. The Morgan fingerprint density at radius 3 is 2.75 bits per heavy atom. The van der Waals surface area contributed by atoms with Crippen molar-refractivity contribution in [1.29, 1.82) is 0 Å². The molecule has 0 amide bonds. The molecule has 0 fully saturated rings.